The van der Waals surface area contributed by atoms with E-state index in [9.17, 15) is 19.2 Å². The number of aromatic nitrogens is 4. The average molecular weight is 623 g/mol. The van der Waals surface area contributed by atoms with Crippen LogP contribution < -0.4 is 16.2 Å². The van der Waals surface area contributed by atoms with Gasteiger partial charge in [-0.3, -0.25) is 39.4 Å². The van der Waals surface area contributed by atoms with Crippen LogP contribution in [-0.2, 0) is 34.4 Å². The Morgan fingerprint density at radius 1 is 0.978 bits per heavy atom. The molecule has 0 aliphatic carbocycles. The molecule has 0 unspecified atom stereocenters. The van der Waals surface area contributed by atoms with Gasteiger partial charge in [0.15, 0.2) is 0 Å². The Morgan fingerprint density at radius 2 is 1.76 bits per heavy atom. The van der Waals surface area contributed by atoms with Gasteiger partial charge in [-0.05, 0) is 73.7 Å². The van der Waals surface area contributed by atoms with Crippen molar-refractivity contribution in [1.82, 2.24) is 40.6 Å². The SMILES string of the molecule is CCn1ccc(-c2cc(-c3cnn(C)c3)cc([C@@H](C)NC(=O)c3ccccc3CCC(=O)NNC(=O)/C=C/C(=O)N3CCC3)c2)n1. The molecule has 4 amide bonds. The average Bonchev–Trinajstić information content (AvgIpc) is 3.70. The summed E-state index contributed by atoms with van der Waals surface area (Å²) < 4.78 is 3.62. The van der Waals surface area contributed by atoms with Gasteiger partial charge in [0.1, 0.15) is 0 Å². The number of benzene rings is 2. The number of hydrogen-bond acceptors (Lipinski definition) is 6. The van der Waals surface area contributed by atoms with Crippen LogP contribution in [0, 0.1) is 0 Å². The second kappa shape index (κ2) is 14.5. The lowest BCUT2D eigenvalue weighted by Crippen LogP contribution is -2.42. The predicted molar refractivity (Wildman–Crippen MR) is 173 cm³/mol. The first-order chi connectivity index (χ1) is 22.2. The van der Waals surface area contributed by atoms with Crippen LogP contribution in [0.3, 0.4) is 0 Å². The van der Waals surface area contributed by atoms with Crippen LogP contribution in [0.4, 0.5) is 0 Å². The van der Waals surface area contributed by atoms with E-state index in [1.54, 1.807) is 34.0 Å². The molecule has 12 nitrogen and oxygen atoms in total. The Morgan fingerprint density at radius 3 is 2.46 bits per heavy atom. The normalized spacial score (nSPS) is 13.2. The lowest BCUT2D eigenvalue weighted by atomic mass is 9.96. The Kier molecular flexibility index (Phi) is 10.1. The number of aryl methyl sites for hydroxylation is 3. The van der Waals surface area contributed by atoms with Crippen molar-refractivity contribution in [3.05, 3.63) is 96.0 Å². The highest BCUT2D eigenvalue weighted by atomic mass is 16.2. The number of nitrogens with zero attached hydrogens (tertiary/aromatic N) is 5. The largest absolute Gasteiger partial charge is 0.346 e. The number of nitrogens with one attached hydrogen (secondary N) is 3. The van der Waals surface area contributed by atoms with Gasteiger partial charge < -0.3 is 10.2 Å². The molecule has 12 heteroatoms. The summed E-state index contributed by atoms with van der Waals surface area (Å²) >= 11 is 0. The Hall–Kier alpha value is -5.52. The standard InChI is InChI=1S/C34H38N8O4/c1-4-42-17-14-30(39-42)27-19-25(18-26(20-27)28-21-35-40(3)22-28)23(2)36-34(46)29-9-6-5-8-24(29)10-11-31(43)37-38-32(44)12-13-33(45)41-15-7-16-41/h5-6,8-9,12-14,17-23H,4,7,10-11,15-16H2,1-3H3,(H,36,46)(H,37,43)(H,38,44)/b13-12+/t23-/m1/s1. The topological polar surface area (TPSA) is 143 Å². The molecule has 2 aromatic carbocycles. The van der Waals surface area contributed by atoms with Crippen LogP contribution >= 0.6 is 0 Å². The number of hydrazine groups is 1. The molecule has 1 saturated heterocycles. The fourth-order valence-electron chi connectivity index (χ4n) is 5.07. The van der Waals surface area contributed by atoms with Crippen LogP contribution in [0.5, 0.6) is 0 Å². The number of likely N-dealkylation sites (tertiary alicyclic amines) is 1. The lowest BCUT2D eigenvalue weighted by molar-refractivity contribution is -0.129. The fourth-order valence-corrected chi connectivity index (χ4v) is 5.07. The zero-order chi connectivity index (χ0) is 32.6. The minimum atomic E-state index is -0.606. The van der Waals surface area contributed by atoms with Gasteiger partial charge in [0.25, 0.3) is 11.8 Å². The van der Waals surface area contributed by atoms with Crippen LogP contribution in [-0.4, -0.2) is 61.2 Å². The molecule has 5 rings (SSSR count). The highest BCUT2D eigenvalue weighted by Gasteiger charge is 2.19. The van der Waals surface area contributed by atoms with Gasteiger partial charge in [0, 0.05) is 74.3 Å². The van der Waals surface area contributed by atoms with Crippen molar-refractivity contribution >= 4 is 23.6 Å². The molecule has 2 aromatic heterocycles. The predicted octanol–water partition coefficient (Wildman–Crippen LogP) is 3.33. The minimum Gasteiger partial charge on any atom is -0.346 e. The number of carbonyl (C=O) groups is 4. The number of rotatable bonds is 11. The highest BCUT2D eigenvalue weighted by molar-refractivity contribution is 5.98. The Bertz CT molecular complexity index is 1770. The zero-order valence-corrected chi connectivity index (χ0v) is 26.2. The molecule has 238 valence electrons. The van der Waals surface area contributed by atoms with Gasteiger partial charge in [-0.25, -0.2) is 0 Å². The third-order valence-corrected chi connectivity index (χ3v) is 7.86. The number of hydrogen-bond donors (Lipinski definition) is 3. The summed E-state index contributed by atoms with van der Waals surface area (Å²) in [4.78, 5) is 51.4. The summed E-state index contributed by atoms with van der Waals surface area (Å²) in [5.41, 5.74) is 10.4. The lowest BCUT2D eigenvalue weighted by Gasteiger charge is -2.29. The molecule has 1 aliphatic heterocycles. The number of carbonyl (C=O) groups excluding carboxylic acids is 4. The summed E-state index contributed by atoms with van der Waals surface area (Å²) in [6, 6.07) is 14.9. The van der Waals surface area contributed by atoms with Crippen molar-refractivity contribution in [3.63, 3.8) is 0 Å². The maximum Gasteiger partial charge on any atom is 0.262 e. The summed E-state index contributed by atoms with van der Waals surface area (Å²) in [5.74, 6) is -1.53. The molecule has 3 N–H and O–H groups in total. The maximum atomic E-state index is 13.5. The van der Waals surface area contributed by atoms with Crippen molar-refractivity contribution in [2.45, 2.75) is 45.7 Å². The highest BCUT2D eigenvalue weighted by Crippen LogP contribution is 2.30. The molecular weight excluding hydrogens is 584 g/mol. The molecule has 0 bridgehead atoms. The first-order valence-corrected chi connectivity index (χ1v) is 15.3. The molecule has 0 spiro atoms. The van der Waals surface area contributed by atoms with Gasteiger partial charge in [0.05, 0.1) is 17.9 Å². The summed E-state index contributed by atoms with van der Waals surface area (Å²) in [7, 11) is 1.87. The summed E-state index contributed by atoms with van der Waals surface area (Å²) in [6.45, 7) is 6.10. The summed E-state index contributed by atoms with van der Waals surface area (Å²) in [6.07, 6.45) is 9.25. The smallest absolute Gasteiger partial charge is 0.262 e. The van der Waals surface area contributed by atoms with E-state index in [2.05, 4.69) is 32.4 Å². The molecule has 1 atom stereocenters. The molecule has 3 heterocycles. The third-order valence-electron chi connectivity index (χ3n) is 7.86. The third kappa shape index (κ3) is 7.95. The van der Waals surface area contributed by atoms with E-state index in [-0.39, 0.29) is 30.7 Å². The fraction of sp³-hybridized carbons (Fsp3) is 0.294. The van der Waals surface area contributed by atoms with E-state index in [0.717, 1.165) is 47.0 Å². The second-order valence-electron chi connectivity index (χ2n) is 11.2. The molecule has 0 saturated carbocycles. The van der Waals surface area contributed by atoms with Crippen molar-refractivity contribution in [2.24, 2.45) is 7.05 Å². The summed E-state index contributed by atoms with van der Waals surface area (Å²) in [5, 5.41) is 12.1. The van der Waals surface area contributed by atoms with Crippen LogP contribution in [0.15, 0.2) is 79.3 Å². The van der Waals surface area contributed by atoms with E-state index >= 15 is 0 Å². The van der Waals surface area contributed by atoms with Gasteiger partial charge in [0.2, 0.25) is 11.8 Å². The Labute approximate surface area is 267 Å². The molecule has 1 aliphatic rings. The second-order valence-corrected chi connectivity index (χ2v) is 11.2. The van der Waals surface area contributed by atoms with Crippen LogP contribution in [0.2, 0.25) is 0 Å². The first kappa shape index (κ1) is 31.9. The van der Waals surface area contributed by atoms with Crippen molar-refractivity contribution in [1.29, 1.82) is 0 Å². The quantitative estimate of drug-likeness (QED) is 0.173. The molecular formula is C34H38N8O4. The molecule has 46 heavy (non-hydrogen) atoms. The van der Waals surface area contributed by atoms with Gasteiger partial charge in [-0.2, -0.15) is 10.2 Å². The molecule has 1 fully saturated rings. The van der Waals surface area contributed by atoms with E-state index in [4.69, 9.17) is 0 Å². The van der Waals surface area contributed by atoms with E-state index in [1.807, 2.05) is 62.2 Å². The van der Waals surface area contributed by atoms with E-state index in [1.165, 1.54) is 6.08 Å². The van der Waals surface area contributed by atoms with E-state index < -0.39 is 11.8 Å². The van der Waals surface area contributed by atoms with Crippen LogP contribution in [0.1, 0.15) is 54.2 Å². The van der Waals surface area contributed by atoms with Gasteiger partial charge in [-0.15, -0.1) is 0 Å². The zero-order valence-electron chi connectivity index (χ0n) is 26.2. The molecule has 0 radical (unpaired) electrons. The monoisotopic (exact) mass is 622 g/mol. The molecule has 4 aromatic rings. The first-order valence-electron chi connectivity index (χ1n) is 15.3. The minimum absolute atomic E-state index is 0.0392. The van der Waals surface area contributed by atoms with Crippen molar-refractivity contribution < 1.29 is 19.2 Å². The van der Waals surface area contributed by atoms with Crippen LogP contribution in [0.25, 0.3) is 22.4 Å². The van der Waals surface area contributed by atoms with E-state index in [0.29, 0.717) is 24.2 Å². The van der Waals surface area contributed by atoms with Crippen molar-refractivity contribution in [2.75, 3.05) is 13.1 Å². The maximum absolute atomic E-state index is 13.5. The van der Waals surface area contributed by atoms with Crippen molar-refractivity contribution in [3.8, 4) is 22.4 Å². The Balaban J connectivity index is 1.23. The van der Waals surface area contributed by atoms with Gasteiger partial charge in [-0.1, -0.05) is 18.2 Å². The van der Waals surface area contributed by atoms with Gasteiger partial charge >= 0.3 is 0 Å². The number of amides is 4.